The number of hydrogen-bond donors (Lipinski definition) is 0. The highest BCUT2D eigenvalue weighted by Gasteiger charge is 2.31. The van der Waals surface area contributed by atoms with Crippen molar-refractivity contribution < 1.29 is 8.42 Å². The Labute approximate surface area is 73.8 Å². The van der Waals surface area contributed by atoms with Crippen molar-refractivity contribution in [1.82, 2.24) is 4.31 Å². The van der Waals surface area contributed by atoms with Crippen molar-refractivity contribution in [1.29, 1.82) is 5.26 Å². The van der Waals surface area contributed by atoms with Crippen LogP contribution in [-0.2, 0) is 10.0 Å². The number of nitriles is 1. The Morgan fingerprint density at radius 1 is 1.50 bits per heavy atom. The fourth-order valence-electron chi connectivity index (χ4n) is 0.612. The quantitative estimate of drug-likeness (QED) is 0.653. The minimum atomic E-state index is -3.26. The molecule has 0 fully saturated rings. The second kappa shape index (κ2) is 3.42. The SMILES string of the molecule is CCS(=O)(=O)N(C)C(C)(C)C#N. The van der Waals surface area contributed by atoms with Gasteiger partial charge in [0.2, 0.25) is 10.0 Å². The van der Waals surface area contributed by atoms with Crippen LogP contribution in [0.15, 0.2) is 0 Å². The molecule has 0 aromatic carbocycles. The van der Waals surface area contributed by atoms with Gasteiger partial charge in [0.25, 0.3) is 0 Å². The zero-order valence-electron chi connectivity index (χ0n) is 7.83. The van der Waals surface area contributed by atoms with Crippen LogP contribution in [0.25, 0.3) is 0 Å². The van der Waals surface area contributed by atoms with Gasteiger partial charge in [0.05, 0.1) is 11.8 Å². The van der Waals surface area contributed by atoms with E-state index in [1.807, 2.05) is 6.07 Å². The van der Waals surface area contributed by atoms with Crippen molar-refractivity contribution >= 4 is 10.0 Å². The number of rotatable bonds is 3. The maximum Gasteiger partial charge on any atom is 0.214 e. The van der Waals surface area contributed by atoms with Gasteiger partial charge in [-0.25, -0.2) is 8.42 Å². The summed E-state index contributed by atoms with van der Waals surface area (Å²) in [5, 5.41) is 8.67. The predicted molar refractivity (Wildman–Crippen MR) is 46.9 cm³/mol. The molecule has 0 aliphatic rings. The topological polar surface area (TPSA) is 61.2 Å². The smallest absolute Gasteiger partial charge is 0.212 e. The van der Waals surface area contributed by atoms with Crippen LogP contribution in [0.1, 0.15) is 20.8 Å². The second-order valence-corrected chi connectivity index (χ2v) is 5.33. The largest absolute Gasteiger partial charge is 0.214 e. The van der Waals surface area contributed by atoms with E-state index in [1.165, 1.54) is 7.05 Å². The molecular weight excluding hydrogens is 176 g/mol. The zero-order valence-corrected chi connectivity index (χ0v) is 8.64. The summed E-state index contributed by atoms with van der Waals surface area (Å²) in [6, 6.07) is 1.93. The summed E-state index contributed by atoms with van der Waals surface area (Å²) < 4.78 is 23.7. The van der Waals surface area contributed by atoms with E-state index in [0.717, 1.165) is 4.31 Å². The van der Waals surface area contributed by atoms with Gasteiger partial charge in [-0.05, 0) is 20.8 Å². The summed E-state index contributed by atoms with van der Waals surface area (Å²) >= 11 is 0. The van der Waals surface area contributed by atoms with Crippen LogP contribution in [0, 0.1) is 11.3 Å². The third-order valence-corrected chi connectivity index (χ3v) is 3.86. The van der Waals surface area contributed by atoms with E-state index < -0.39 is 15.6 Å². The van der Waals surface area contributed by atoms with E-state index in [2.05, 4.69) is 0 Å². The van der Waals surface area contributed by atoms with Crippen molar-refractivity contribution in [3.8, 4) is 6.07 Å². The van der Waals surface area contributed by atoms with Gasteiger partial charge >= 0.3 is 0 Å². The van der Waals surface area contributed by atoms with Gasteiger partial charge in [-0.2, -0.15) is 9.57 Å². The molecule has 0 heterocycles. The lowest BCUT2D eigenvalue weighted by molar-refractivity contribution is 0.337. The van der Waals surface area contributed by atoms with Gasteiger partial charge in [-0.3, -0.25) is 0 Å². The molecule has 0 amide bonds. The standard InChI is InChI=1S/C7H14N2O2S/c1-5-12(10,11)9(4)7(2,3)6-8/h5H2,1-4H3. The summed E-state index contributed by atoms with van der Waals surface area (Å²) in [4.78, 5) is 0. The Bertz CT molecular complexity index is 287. The third-order valence-electron chi connectivity index (χ3n) is 1.84. The Morgan fingerprint density at radius 3 is 2.17 bits per heavy atom. The molecule has 12 heavy (non-hydrogen) atoms. The van der Waals surface area contributed by atoms with Gasteiger partial charge in [-0.15, -0.1) is 0 Å². The first kappa shape index (κ1) is 11.4. The molecule has 0 N–H and O–H groups in total. The van der Waals surface area contributed by atoms with Gasteiger partial charge in [-0.1, -0.05) is 0 Å². The summed E-state index contributed by atoms with van der Waals surface area (Å²) in [7, 11) is -1.84. The molecule has 4 nitrogen and oxygen atoms in total. The lowest BCUT2D eigenvalue weighted by atomic mass is 10.1. The Balaban J connectivity index is 4.88. The maximum atomic E-state index is 11.3. The maximum absolute atomic E-state index is 11.3. The highest BCUT2D eigenvalue weighted by atomic mass is 32.2. The van der Waals surface area contributed by atoms with Crippen LogP contribution in [0.3, 0.4) is 0 Å². The highest BCUT2D eigenvalue weighted by molar-refractivity contribution is 7.89. The van der Waals surface area contributed by atoms with E-state index in [0.29, 0.717) is 0 Å². The van der Waals surface area contributed by atoms with E-state index in [1.54, 1.807) is 20.8 Å². The molecule has 0 unspecified atom stereocenters. The average Bonchev–Trinajstić information content (AvgIpc) is 2.03. The zero-order chi connectivity index (χ0) is 9.99. The second-order valence-electron chi connectivity index (χ2n) is 3.04. The minimum Gasteiger partial charge on any atom is -0.212 e. The van der Waals surface area contributed by atoms with Gasteiger partial charge in [0.1, 0.15) is 5.54 Å². The van der Waals surface area contributed by atoms with Gasteiger partial charge < -0.3 is 0 Å². The van der Waals surface area contributed by atoms with Crippen LogP contribution in [0.2, 0.25) is 0 Å². The molecule has 0 rings (SSSR count). The average molecular weight is 190 g/mol. The summed E-state index contributed by atoms with van der Waals surface area (Å²) in [6.07, 6.45) is 0. The number of hydrogen-bond acceptors (Lipinski definition) is 3. The summed E-state index contributed by atoms with van der Waals surface area (Å²) in [6.45, 7) is 4.69. The predicted octanol–water partition coefficient (Wildman–Crippen LogP) is 0.570. The normalized spacial score (nSPS) is 13.0. The number of nitrogens with zero attached hydrogens (tertiary/aromatic N) is 2. The van der Waals surface area contributed by atoms with Gasteiger partial charge in [0, 0.05) is 7.05 Å². The molecule has 0 radical (unpaired) electrons. The Morgan fingerprint density at radius 2 is 1.92 bits per heavy atom. The molecule has 0 saturated heterocycles. The molecule has 0 saturated carbocycles. The van der Waals surface area contributed by atoms with Gasteiger partial charge in [0.15, 0.2) is 0 Å². The van der Waals surface area contributed by atoms with Crippen molar-refractivity contribution in [2.75, 3.05) is 12.8 Å². The van der Waals surface area contributed by atoms with E-state index in [4.69, 9.17) is 5.26 Å². The lowest BCUT2D eigenvalue weighted by Crippen LogP contribution is -2.44. The molecule has 0 atom stereocenters. The Kier molecular flexibility index (Phi) is 3.25. The molecule has 0 aromatic rings. The summed E-state index contributed by atoms with van der Waals surface area (Å²) in [5.74, 6) is 0.0224. The van der Waals surface area contributed by atoms with E-state index in [-0.39, 0.29) is 5.75 Å². The third kappa shape index (κ3) is 2.19. The summed E-state index contributed by atoms with van der Waals surface area (Å²) in [5.41, 5.74) is -0.963. The van der Waals surface area contributed by atoms with Crippen molar-refractivity contribution in [2.24, 2.45) is 0 Å². The highest BCUT2D eigenvalue weighted by Crippen LogP contribution is 2.15. The first-order valence-corrected chi connectivity index (χ1v) is 5.27. The van der Waals surface area contributed by atoms with Crippen molar-refractivity contribution in [3.63, 3.8) is 0 Å². The monoisotopic (exact) mass is 190 g/mol. The first-order valence-electron chi connectivity index (χ1n) is 3.66. The molecule has 0 aliphatic heterocycles. The van der Waals surface area contributed by atoms with Crippen molar-refractivity contribution in [3.05, 3.63) is 0 Å². The Hall–Kier alpha value is -0.600. The molecule has 0 spiro atoms. The van der Waals surface area contributed by atoms with E-state index in [9.17, 15) is 8.42 Å². The molecular formula is C7H14N2O2S. The fraction of sp³-hybridized carbons (Fsp3) is 0.857. The molecule has 5 heteroatoms. The molecule has 0 aliphatic carbocycles. The fourth-order valence-corrected chi connectivity index (χ4v) is 1.74. The number of sulfonamides is 1. The first-order chi connectivity index (χ1) is 5.28. The minimum absolute atomic E-state index is 0.0224. The molecule has 70 valence electrons. The van der Waals surface area contributed by atoms with Crippen LogP contribution in [0.4, 0.5) is 0 Å². The van der Waals surface area contributed by atoms with Crippen molar-refractivity contribution in [2.45, 2.75) is 26.3 Å². The van der Waals surface area contributed by atoms with Crippen LogP contribution in [-0.4, -0.2) is 31.1 Å². The van der Waals surface area contributed by atoms with Crippen LogP contribution < -0.4 is 0 Å². The molecule has 0 aromatic heterocycles. The van der Waals surface area contributed by atoms with E-state index >= 15 is 0 Å². The van der Waals surface area contributed by atoms with Crippen LogP contribution >= 0.6 is 0 Å². The van der Waals surface area contributed by atoms with Crippen LogP contribution in [0.5, 0.6) is 0 Å². The lowest BCUT2D eigenvalue weighted by Gasteiger charge is -2.27. The molecule has 0 bridgehead atoms.